The van der Waals surface area contributed by atoms with Crippen LogP contribution in [-0.4, -0.2) is 6.54 Å². The highest BCUT2D eigenvalue weighted by Gasteiger charge is 2.33. The first kappa shape index (κ1) is 12.4. The Hall–Kier alpha value is -1.60. The van der Waals surface area contributed by atoms with Gasteiger partial charge in [0.2, 0.25) is 0 Å². The average molecular weight is 251 g/mol. The third-order valence-electron chi connectivity index (χ3n) is 4.24. The fourth-order valence-electron chi connectivity index (χ4n) is 3.22. The smallest absolute Gasteiger partial charge is 0.0395 e. The zero-order valence-electron chi connectivity index (χ0n) is 11.7. The van der Waals surface area contributed by atoms with Crippen LogP contribution in [-0.2, 0) is 6.42 Å². The molecule has 3 rings (SSSR count). The molecule has 0 fully saturated rings. The number of rotatable bonds is 4. The molecule has 1 N–H and O–H groups in total. The Morgan fingerprint density at radius 1 is 1.11 bits per heavy atom. The van der Waals surface area contributed by atoms with E-state index in [2.05, 4.69) is 67.7 Å². The molecule has 0 radical (unpaired) electrons. The molecule has 1 aliphatic carbocycles. The minimum absolute atomic E-state index is 0.445. The molecule has 2 aromatic rings. The molecule has 98 valence electrons. The zero-order valence-corrected chi connectivity index (χ0v) is 11.7. The summed E-state index contributed by atoms with van der Waals surface area (Å²) < 4.78 is 0. The van der Waals surface area contributed by atoms with E-state index in [1.165, 1.54) is 28.7 Å². The van der Waals surface area contributed by atoms with E-state index >= 15 is 0 Å². The van der Waals surface area contributed by atoms with Crippen molar-refractivity contribution in [1.82, 2.24) is 5.32 Å². The van der Waals surface area contributed by atoms with Gasteiger partial charge in [0.1, 0.15) is 0 Å². The highest BCUT2D eigenvalue weighted by atomic mass is 14.9. The first-order valence-electron chi connectivity index (χ1n) is 7.18. The van der Waals surface area contributed by atoms with Crippen molar-refractivity contribution < 1.29 is 0 Å². The van der Waals surface area contributed by atoms with Crippen molar-refractivity contribution in [2.45, 2.75) is 32.2 Å². The molecule has 2 unspecified atom stereocenters. The van der Waals surface area contributed by atoms with E-state index in [1.54, 1.807) is 0 Å². The van der Waals surface area contributed by atoms with Gasteiger partial charge in [0.15, 0.2) is 0 Å². The first-order chi connectivity index (χ1) is 9.31. The molecule has 2 atom stereocenters. The second-order valence-electron chi connectivity index (χ2n) is 5.40. The molecule has 0 amide bonds. The Labute approximate surface area is 115 Å². The molecule has 2 aromatic carbocycles. The Bertz CT molecular complexity index is 573. The van der Waals surface area contributed by atoms with Crippen molar-refractivity contribution in [3.8, 4) is 0 Å². The maximum Gasteiger partial charge on any atom is 0.0395 e. The summed E-state index contributed by atoms with van der Waals surface area (Å²) in [6, 6.07) is 18.0. The topological polar surface area (TPSA) is 12.0 Å². The summed E-state index contributed by atoms with van der Waals surface area (Å²) in [6.45, 7) is 5.41. The second kappa shape index (κ2) is 5.18. The van der Waals surface area contributed by atoms with Crippen LogP contribution in [0.2, 0.25) is 0 Å². The number of aryl methyl sites for hydroxylation is 1. The fourth-order valence-corrected chi connectivity index (χ4v) is 3.22. The van der Waals surface area contributed by atoms with Gasteiger partial charge in [-0.25, -0.2) is 0 Å². The molecular formula is C18H21N. The van der Waals surface area contributed by atoms with Gasteiger partial charge >= 0.3 is 0 Å². The van der Waals surface area contributed by atoms with Crippen molar-refractivity contribution >= 4 is 0 Å². The normalized spacial score (nSPS) is 18.5. The number of nitrogens with one attached hydrogen (secondary N) is 1. The highest BCUT2D eigenvalue weighted by molar-refractivity contribution is 5.44. The van der Waals surface area contributed by atoms with Crippen LogP contribution < -0.4 is 5.32 Å². The third-order valence-corrected chi connectivity index (χ3v) is 4.24. The van der Waals surface area contributed by atoms with E-state index in [1.807, 2.05) is 0 Å². The van der Waals surface area contributed by atoms with Crippen molar-refractivity contribution in [1.29, 1.82) is 0 Å². The molecule has 0 spiro atoms. The molecule has 0 aromatic heterocycles. The lowest BCUT2D eigenvalue weighted by atomic mass is 9.71. The van der Waals surface area contributed by atoms with Gasteiger partial charge in [-0.3, -0.25) is 0 Å². The number of likely N-dealkylation sites (N-methyl/N-ethyl adjacent to an activating group) is 1. The first-order valence-corrected chi connectivity index (χ1v) is 7.18. The minimum Gasteiger partial charge on any atom is -0.310 e. The molecule has 0 saturated carbocycles. The molecule has 0 bridgehead atoms. The Morgan fingerprint density at radius 3 is 2.58 bits per heavy atom. The number of hydrogen-bond donors (Lipinski definition) is 1. The Morgan fingerprint density at radius 2 is 1.84 bits per heavy atom. The molecule has 0 saturated heterocycles. The van der Waals surface area contributed by atoms with Crippen LogP contribution in [0.25, 0.3) is 0 Å². The monoisotopic (exact) mass is 251 g/mol. The lowest BCUT2D eigenvalue weighted by Crippen LogP contribution is -2.33. The van der Waals surface area contributed by atoms with E-state index in [-0.39, 0.29) is 0 Å². The maximum absolute atomic E-state index is 3.68. The van der Waals surface area contributed by atoms with Gasteiger partial charge in [-0.2, -0.15) is 0 Å². The van der Waals surface area contributed by atoms with Crippen LogP contribution in [0.15, 0.2) is 48.5 Å². The predicted molar refractivity (Wildman–Crippen MR) is 80.5 cm³/mol. The molecule has 1 heteroatoms. The lowest BCUT2D eigenvalue weighted by Gasteiger charge is -2.38. The maximum atomic E-state index is 3.68. The van der Waals surface area contributed by atoms with E-state index in [4.69, 9.17) is 0 Å². The summed E-state index contributed by atoms with van der Waals surface area (Å²) in [4.78, 5) is 0. The third kappa shape index (κ3) is 2.19. The van der Waals surface area contributed by atoms with Gasteiger partial charge in [0.25, 0.3) is 0 Å². The van der Waals surface area contributed by atoms with Gasteiger partial charge in [-0.05, 0) is 42.1 Å². The van der Waals surface area contributed by atoms with Gasteiger partial charge < -0.3 is 5.32 Å². The summed E-state index contributed by atoms with van der Waals surface area (Å²) >= 11 is 0. The van der Waals surface area contributed by atoms with Gasteiger partial charge in [0, 0.05) is 12.0 Å². The summed E-state index contributed by atoms with van der Waals surface area (Å²) in [7, 11) is 0. The molecule has 0 heterocycles. The fraction of sp³-hybridized carbons (Fsp3) is 0.333. The Kier molecular flexibility index (Phi) is 3.39. The van der Waals surface area contributed by atoms with Crippen molar-refractivity contribution in [3.05, 3.63) is 70.8 Å². The molecule has 1 aliphatic rings. The molecule has 1 nitrogen and oxygen atoms in total. The standard InChI is InChI=1S/C18H21N/c1-3-19-18(15-10-6-4-8-13(15)2)17-12-14-9-5-7-11-16(14)17/h4-11,17-19H,3,12H2,1-2H3. The lowest BCUT2D eigenvalue weighted by molar-refractivity contribution is 0.418. The minimum atomic E-state index is 0.445. The summed E-state index contributed by atoms with van der Waals surface area (Å²) in [6.07, 6.45) is 1.20. The molecule has 19 heavy (non-hydrogen) atoms. The predicted octanol–water partition coefficient (Wildman–Crippen LogP) is 3.99. The summed E-state index contributed by atoms with van der Waals surface area (Å²) in [5.74, 6) is 0.622. The number of hydrogen-bond acceptors (Lipinski definition) is 1. The van der Waals surface area contributed by atoms with Gasteiger partial charge in [-0.1, -0.05) is 55.5 Å². The second-order valence-corrected chi connectivity index (χ2v) is 5.40. The SMILES string of the molecule is CCNC(c1ccccc1C)C1Cc2ccccc21. The van der Waals surface area contributed by atoms with E-state index in [0.717, 1.165) is 6.54 Å². The average Bonchev–Trinajstić information content (AvgIpc) is 2.40. The zero-order chi connectivity index (χ0) is 13.2. The van der Waals surface area contributed by atoms with Gasteiger partial charge in [0.05, 0.1) is 0 Å². The van der Waals surface area contributed by atoms with Crippen molar-refractivity contribution in [3.63, 3.8) is 0 Å². The van der Waals surface area contributed by atoms with Crippen LogP contribution in [0.4, 0.5) is 0 Å². The van der Waals surface area contributed by atoms with E-state index < -0.39 is 0 Å². The molecular weight excluding hydrogens is 230 g/mol. The van der Waals surface area contributed by atoms with E-state index in [0.29, 0.717) is 12.0 Å². The van der Waals surface area contributed by atoms with Gasteiger partial charge in [-0.15, -0.1) is 0 Å². The quantitative estimate of drug-likeness (QED) is 0.866. The van der Waals surface area contributed by atoms with Crippen molar-refractivity contribution in [2.75, 3.05) is 6.54 Å². The Balaban J connectivity index is 1.94. The van der Waals surface area contributed by atoms with Crippen LogP contribution in [0.1, 0.15) is 41.1 Å². The number of fused-ring (bicyclic) bond motifs is 1. The van der Waals surface area contributed by atoms with Crippen LogP contribution in [0.3, 0.4) is 0 Å². The summed E-state index contributed by atoms with van der Waals surface area (Å²) in [5.41, 5.74) is 5.88. The van der Waals surface area contributed by atoms with Crippen LogP contribution in [0, 0.1) is 6.92 Å². The highest BCUT2D eigenvalue weighted by Crippen LogP contribution is 2.43. The van der Waals surface area contributed by atoms with Crippen molar-refractivity contribution in [2.24, 2.45) is 0 Å². The van der Waals surface area contributed by atoms with E-state index in [9.17, 15) is 0 Å². The van der Waals surface area contributed by atoms with Crippen LogP contribution >= 0.6 is 0 Å². The molecule has 0 aliphatic heterocycles. The summed E-state index contributed by atoms with van der Waals surface area (Å²) in [5, 5.41) is 3.68. The van der Waals surface area contributed by atoms with Crippen LogP contribution in [0.5, 0.6) is 0 Å². The number of benzene rings is 2. The largest absolute Gasteiger partial charge is 0.310 e.